The summed E-state index contributed by atoms with van der Waals surface area (Å²) >= 11 is 0. The highest BCUT2D eigenvalue weighted by Crippen LogP contribution is 2.55. The zero-order valence-electron chi connectivity index (χ0n) is 17.6. The molecule has 4 rings (SSSR count). The van der Waals surface area contributed by atoms with Gasteiger partial charge < -0.3 is 18.3 Å². The number of nitrogens with zero attached hydrogens (tertiary/aromatic N) is 1. The van der Waals surface area contributed by atoms with Crippen molar-refractivity contribution in [2.45, 2.75) is 76.0 Å². The summed E-state index contributed by atoms with van der Waals surface area (Å²) in [5.74, 6) is 0. The first-order chi connectivity index (χ1) is 13.1. The molecule has 3 aliphatic heterocycles. The predicted molar refractivity (Wildman–Crippen MR) is 109 cm³/mol. The van der Waals surface area contributed by atoms with Crippen molar-refractivity contribution in [3.63, 3.8) is 0 Å². The average Bonchev–Trinajstić information content (AvgIpc) is 2.96. The van der Waals surface area contributed by atoms with Gasteiger partial charge >= 0.3 is 14.7 Å². The second-order valence-electron chi connectivity index (χ2n) is 10.0. The Hall–Kier alpha value is -1.41. The van der Waals surface area contributed by atoms with E-state index in [1.807, 2.05) is 30.3 Å². The Morgan fingerprint density at radius 1 is 0.964 bits per heavy atom. The number of hydrogen-bond donors (Lipinski definition) is 0. The molecule has 0 spiro atoms. The molecule has 1 aromatic rings. The minimum Gasteiger partial charge on any atom is -0.441 e. The number of hydrogen-bond acceptors (Lipinski definition) is 5. The molecule has 3 saturated heterocycles. The van der Waals surface area contributed by atoms with E-state index in [-0.39, 0.29) is 40.5 Å². The highest BCUT2D eigenvalue weighted by molar-refractivity contribution is 6.73. The fraction of sp³-hybridized carbons (Fsp3) is 0.667. The normalized spacial score (nSPS) is 32.5. The Morgan fingerprint density at radius 3 is 2.21 bits per heavy atom. The van der Waals surface area contributed by atoms with Crippen molar-refractivity contribution in [3.8, 4) is 0 Å². The highest BCUT2D eigenvalue weighted by Gasteiger charge is 2.65. The van der Waals surface area contributed by atoms with Crippen molar-refractivity contribution >= 4 is 20.3 Å². The molecule has 1 aromatic carbocycles. The lowest BCUT2D eigenvalue weighted by Gasteiger charge is -2.56. The standard InChI is InChI=1S/C21H31NO5Si/c1-20(2,3)28(21(4,5)6)25-13-16-18(27-28)17-15(12-24-16)22(19(23)26-17)14-10-8-7-9-11-14/h7-11,15-18H,12-13H2,1-6H3/t15-,16-,17-,18-/m1/s1. The second-order valence-corrected chi connectivity index (χ2v) is 14.8. The Labute approximate surface area is 168 Å². The molecule has 0 radical (unpaired) electrons. The lowest BCUT2D eigenvalue weighted by Crippen LogP contribution is -2.70. The smallest absolute Gasteiger partial charge is 0.415 e. The molecule has 0 aromatic heterocycles. The molecular weight excluding hydrogens is 374 g/mol. The van der Waals surface area contributed by atoms with Gasteiger partial charge in [-0.25, -0.2) is 4.79 Å². The summed E-state index contributed by atoms with van der Waals surface area (Å²) in [6.07, 6.45) is -1.21. The summed E-state index contributed by atoms with van der Waals surface area (Å²) in [5, 5.41) is -0.268. The van der Waals surface area contributed by atoms with Crippen LogP contribution in [0.15, 0.2) is 30.3 Å². The fourth-order valence-corrected chi connectivity index (χ4v) is 9.99. The number of ether oxygens (including phenoxy) is 2. The van der Waals surface area contributed by atoms with Crippen LogP contribution in [-0.2, 0) is 18.3 Å². The molecule has 0 aliphatic carbocycles. The molecule has 28 heavy (non-hydrogen) atoms. The molecule has 3 fully saturated rings. The van der Waals surface area contributed by atoms with Gasteiger partial charge in [0.1, 0.15) is 18.2 Å². The maximum Gasteiger partial charge on any atom is 0.415 e. The number of para-hydroxylation sites is 1. The number of carbonyl (C=O) groups excluding carboxylic acids is 1. The maximum absolute atomic E-state index is 12.7. The van der Waals surface area contributed by atoms with E-state index in [0.717, 1.165) is 5.69 Å². The molecule has 6 nitrogen and oxygen atoms in total. The van der Waals surface area contributed by atoms with Gasteiger partial charge in [-0.2, -0.15) is 0 Å². The van der Waals surface area contributed by atoms with Gasteiger partial charge in [0.15, 0.2) is 6.10 Å². The van der Waals surface area contributed by atoms with Gasteiger partial charge in [-0.15, -0.1) is 0 Å². The van der Waals surface area contributed by atoms with Crippen LogP contribution in [-0.4, -0.2) is 52.2 Å². The van der Waals surface area contributed by atoms with Crippen molar-refractivity contribution in [2.75, 3.05) is 18.1 Å². The van der Waals surface area contributed by atoms with E-state index >= 15 is 0 Å². The number of amides is 1. The predicted octanol–water partition coefficient (Wildman–Crippen LogP) is 4.24. The van der Waals surface area contributed by atoms with Crippen LogP contribution in [0.1, 0.15) is 41.5 Å². The molecule has 0 N–H and O–H groups in total. The van der Waals surface area contributed by atoms with E-state index in [1.165, 1.54) is 0 Å². The molecule has 154 valence electrons. The van der Waals surface area contributed by atoms with Crippen LogP contribution < -0.4 is 4.90 Å². The van der Waals surface area contributed by atoms with Crippen molar-refractivity contribution < 1.29 is 23.1 Å². The van der Waals surface area contributed by atoms with Gasteiger partial charge in [0.25, 0.3) is 0 Å². The summed E-state index contributed by atoms with van der Waals surface area (Å²) in [6, 6.07) is 9.42. The van der Waals surface area contributed by atoms with Crippen LogP contribution in [0.25, 0.3) is 0 Å². The topological polar surface area (TPSA) is 57.2 Å². The summed E-state index contributed by atoms with van der Waals surface area (Å²) < 4.78 is 25.3. The van der Waals surface area contributed by atoms with E-state index in [2.05, 4.69) is 41.5 Å². The quantitative estimate of drug-likeness (QED) is 0.654. The lowest BCUT2D eigenvalue weighted by atomic mass is 9.98. The first-order valence-corrected chi connectivity index (χ1v) is 11.9. The zero-order chi connectivity index (χ0) is 20.3. The maximum atomic E-state index is 12.7. The van der Waals surface area contributed by atoms with Gasteiger partial charge in [0.2, 0.25) is 0 Å². The first kappa shape index (κ1) is 19.9. The average molecular weight is 406 g/mol. The van der Waals surface area contributed by atoms with E-state index in [0.29, 0.717) is 13.2 Å². The molecule has 7 heteroatoms. The Balaban J connectivity index is 1.67. The Morgan fingerprint density at radius 2 is 1.61 bits per heavy atom. The van der Waals surface area contributed by atoms with Crippen molar-refractivity contribution in [3.05, 3.63) is 30.3 Å². The third-order valence-electron chi connectivity index (χ3n) is 6.08. The third-order valence-corrected chi connectivity index (χ3v) is 11.2. The SMILES string of the molecule is CC(C)(C)[Si]1(C(C)(C)C)OC[C@H]2OC[C@@H]3[C@@H](OC(=O)N3c3ccccc3)[C@@H]2O1. The summed E-state index contributed by atoms with van der Waals surface area (Å²) in [4.78, 5) is 14.4. The molecule has 0 saturated carbocycles. The number of anilines is 1. The van der Waals surface area contributed by atoms with E-state index in [4.69, 9.17) is 18.3 Å². The lowest BCUT2D eigenvalue weighted by molar-refractivity contribution is -0.171. The molecule has 4 atom stereocenters. The largest absolute Gasteiger partial charge is 0.441 e. The van der Waals surface area contributed by atoms with Gasteiger partial charge in [0.05, 0.1) is 13.2 Å². The summed E-state index contributed by atoms with van der Waals surface area (Å²) in [6.45, 7) is 14.0. The Kier molecular flexibility index (Phi) is 4.65. The number of fused-ring (bicyclic) bond motifs is 3. The zero-order valence-corrected chi connectivity index (χ0v) is 18.6. The minimum absolute atomic E-state index is 0.134. The van der Waals surface area contributed by atoms with Crippen LogP contribution >= 0.6 is 0 Å². The van der Waals surface area contributed by atoms with Gasteiger partial charge in [-0.1, -0.05) is 59.7 Å². The van der Waals surface area contributed by atoms with Crippen molar-refractivity contribution in [1.82, 2.24) is 0 Å². The van der Waals surface area contributed by atoms with Crippen LogP contribution in [0.5, 0.6) is 0 Å². The molecule has 3 aliphatic rings. The molecule has 3 heterocycles. The van der Waals surface area contributed by atoms with Crippen LogP contribution in [0.4, 0.5) is 10.5 Å². The van der Waals surface area contributed by atoms with E-state index < -0.39 is 8.56 Å². The van der Waals surface area contributed by atoms with Crippen LogP contribution in [0.2, 0.25) is 10.1 Å². The second kappa shape index (κ2) is 6.55. The summed E-state index contributed by atoms with van der Waals surface area (Å²) in [5.41, 5.74) is 0.823. The number of rotatable bonds is 1. The minimum atomic E-state index is -2.67. The van der Waals surface area contributed by atoms with Gasteiger partial charge in [-0.3, -0.25) is 4.90 Å². The van der Waals surface area contributed by atoms with Crippen molar-refractivity contribution in [2.24, 2.45) is 0 Å². The molecule has 0 unspecified atom stereocenters. The Bertz CT molecular complexity index is 727. The van der Waals surface area contributed by atoms with Gasteiger partial charge in [0, 0.05) is 15.8 Å². The fourth-order valence-electron chi connectivity index (χ4n) is 5.03. The highest BCUT2D eigenvalue weighted by atomic mass is 28.4. The monoisotopic (exact) mass is 405 g/mol. The van der Waals surface area contributed by atoms with Crippen LogP contribution in [0, 0.1) is 0 Å². The third kappa shape index (κ3) is 2.91. The molecule has 1 amide bonds. The van der Waals surface area contributed by atoms with E-state index in [1.54, 1.807) is 4.90 Å². The van der Waals surface area contributed by atoms with Crippen molar-refractivity contribution in [1.29, 1.82) is 0 Å². The van der Waals surface area contributed by atoms with E-state index in [9.17, 15) is 4.79 Å². The first-order valence-electron chi connectivity index (χ1n) is 10.0. The number of benzene rings is 1. The summed E-state index contributed by atoms with van der Waals surface area (Å²) in [7, 11) is -2.67. The van der Waals surface area contributed by atoms with Crippen LogP contribution in [0.3, 0.4) is 0 Å². The number of carbonyl (C=O) groups is 1. The van der Waals surface area contributed by atoms with Gasteiger partial charge in [-0.05, 0) is 12.1 Å². The molecular formula is C21H31NO5Si. The molecule has 0 bridgehead atoms.